The molecule has 5 nitrogen and oxygen atoms in total. The lowest BCUT2D eigenvalue weighted by Gasteiger charge is -2.27. The van der Waals surface area contributed by atoms with Crippen molar-refractivity contribution in [2.45, 2.75) is 52.4 Å². The van der Waals surface area contributed by atoms with Gasteiger partial charge in [-0.2, -0.15) is 0 Å². The molecule has 244 valence electrons. The monoisotopic (exact) mass is 642 g/mol. The molecule has 0 saturated heterocycles. The number of aryl methyl sites for hydroxylation is 1. The fourth-order valence-electron chi connectivity index (χ4n) is 6.49. The first-order valence-electron chi connectivity index (χ1n) is 16.8. The molecule has 49 heavy (non-hydrogen) atoms. The van der Waals surface area contributed by atoms with Crippen LogP contribution in [-0.2, 0) is 17.9 Å². The summed E-state index contributed by atoms with van der Waals surface area (Å²) in [7, 11) is 2.00. The molecule has 0 saturated carbocycles. The van der Waals surface area contributed by atoms with Gasteiger partial charge in [0, 0.05) is 36.1 Å². The molecule has 0 bridgehead atoms. The van der Waals surface area contributed by atoms with E-state index in [0.29, 0.717) is 5.82 Å². The Morgan fingerprint density at radius 2 is 1.22 bits per heavy atom. The Hall–Kier alpha value is -5.55. The van der Waals surface area contributed by atoms with Gasteiger partial charge in [0.15, 0.2) is 0 Å². The Morgan fingerprint density at radius 3 is 1.88 bits per heavy atom. The van der Waals surface area contributed by atoms with E-state index in [1.807, 2.05) is 42.3 Å². The normalized spacial score (nSPS) is 12.1. The maximum Gasteiger partial charge on any atom is 0.144 e. The Labute approximate surface area is 289 Å². The first-order valence-corrected chi connectivity index (χ1v) is 16.8. The van der Waals surface area contributed by atoms with E-state index in [0.717, 1.165) is 72.4 Å². The molecule has 0 radical (unpaired) electrons. The van der Waals surface area contributed by atoms with E-state index in [1.165, 1.54) is 0 Å². The molecule has 7 rings (SSSR count). The lowest BCUT2D eigenvalue weighted by atomic mass is 9.79. The van der Waals surface area contributed by atoms with E-state index in [9.17, 15) is 5.11 Å². The van der Waals surface area contributed by atoms with Gasteiger partial charge < -0.3 is 9.67 Å². The van der Waals surface area contributed by atoms with Crippen molar-refractivity contribution in [3.8, 4) is 61.8 Å². The highest BCUT2D eigenvalue weighted by atomic mass is 16.3. The van der Waals surface area contributed by atoms with E-state index in [4.69, 9.17) is 15.0 Å². The minimum Gasteiger partial charge on any atom is -0.507 e. The van der Waals surface area contributed by atoms with Crippen LogP contribution in [0.3, 0.4) is 0 Å². The quantitative estimate of drug-likeness (QED) is 0.203. The van der Waals surface area contributed by atoms with Gasteiger partial charge in [-0.3, -0.25) is 9.97 Å². The summed E-state index contributed by atoms with van der Waals surface area (Å²) < 4.78 is 2.05. The maximum atomic E-state index is 11.8. The van der Waals surface area contributed by atoms with E-state index >= 15 is 0 Å². The van der Waals surface area contributed by atoms with Crippen molar-refractivity contribution in [3.05, 3.63) is 133 Å². The number of nitrogens with zero attached hydrogens (tertiary/aromatic N) is 4. The molecule has 0 fully saturated rings. The standard InChI is InChI=1S/C44H42N4O/c1-43(2,3)34-24-35(41(49)37(25-34)44(4,5)6)42-47-40-36(26-45-27-39(40)48(42)7)32-20-31(29-16-12-9-13-17-29)21-33(22-32)38-23-30(18-19-46-38)28-14-10-8-11-15-28/h8-27,49H,1-7H3. The molecule has 0 unspecified atom stereocenters. The van der Waals surface area contributed by atoms with Crippen molar-refractivity contribution < 1.29 is 5.11 Å². The fourth-order valence-corrected chi connectivity index (χ4v) is 6.49. The van der Waals surface area contributed by atoms with Gasteiger partial charge in [-0.05, 0) is 80.6 Å². The highest BCUT2D eigenvalue weighted by Gasteiger charge is 2.27. The maximum absolute atomic E-state index is 11.8. The predicted molar refractivity (Wildman–Crippen MR) is 203 cm³/mol. The van der Waals surface area contributed by atoms with E-state index < -0.39 is 0 Å². The molecule has 5 heteroatoms. The van der Waals surface area contributed by atoms with Crippen LogP contribution in [0.2, 0.25) is 0 Å². The Bertz CT molecular complexity index is 2310. The van der Waals surface area contributed by atoms with E-state index in [-0.39, 0.29) is 16.6 Å². The van der Waals surface area contributed by atoms with Gasteiger partial charge >= 0.3 is 0 Å². The molecule has 3 heterocycles. The van der Waals surface area contributed by atoms with E-state index in [2.05, 4.69) is 133 Å². The van der Waals surface area contributed by atoms with Gasteiger partial charge in [-0.25, -0.2) is 4.98 Å². The number of hydrogen-bond acceptors (Lipinski definition) is 4. The average Bonchev–Trinajstić information content (AvgIpc) is 3.44. The van der Waals surface area contributed by atoms with Gasteiger partial charge in [0.25, 0.3) is 0 Å². The van der Waals surface area contributed by atoms with Crippen LogP contribution in [0.15, 0.2) is 122 Å². The number of pyridine rings is 2. The van der Waals surface area contributed by atoms with Gasteiger partial charge in [0.1, 0.15) is 17.1 Å². The minimum atomic E-state index is -0.252. The number of fused-ring (bicyclic) bond motifs is 1. The zero-order valence-corrected chi connectivity index (χ0v) is 29.3. The summed E-state index contributed by atoms with van der Waals surface area (Å²) in [6, 6.07) is 35.9. The molecule has 0 amide bonds. The van der Waals surface area contributed by atoms with E-state index in [1.54, 1.807) is 0 Å². The third-order valence-electron chi connectivity index (χ3n) is 9.33. The molecule has 0 aliphatic heterocycles. The molecular formula is C44H42N4O. The molecule has 0 aliphatic rings. The second-order valence-corrected chi connectivity index (χ2v) is 14.9. The molecule has 1 N–H and O–H groups in total. The van der Waals surface area contributed by atoms with Crippen LogP contribution >= 0.6 is 0 Å². The van der Waals surface area contributed by atoms with Crippen molar-refractivity contribution in [2.75, 3.05) is 0 Å². The zero-order chi connectivity index (χ0) is 34.5. The first-order chi connectivity index (χ1) is 23.4. The molecule has 0 atom stereocenters. The summed E-state index contributed by atoms with van der Waals surface area (Å²) in [5.74, 6) is 0.973. The number of rotatable bonds is 5. The van der Waals surface area contributed by atoms with Crippen molar-refractivity contribution in [2.24, 2.45) is 7.05 Å². The second kappa shape index (κ2) is 12.2. The number of imidazole rings is 1. The lowest BCUT2D eigenvalue weighted by Crippen LogP contribution is -2.17. The topological polar surface area (TPSA) is 63.8 Å². The average molecular weight is 643 g/mol. The third-order valence-corrected chi connectivity index (χ3v) is 9.33. The predicted octanol–water partition coefficient (Wildman–Crippen LogP) is 11.0. The molecule has 7 aromatic rings. The Kier molecular flexibility index (Phi) is 7.95. The second-order valence-electron chi connectivity index (χ2n) is 14.9. The summed E-state index contributed by atoms with van der Waals surface area (Å²) in [6.45, 7) is 13.0. The number of phenolic OH excluding ortho intramolecular Hbond substituents is 1. The number of phenols is 1. The minimum absolute atomic E-state index is 0.111. The van der Waals surface area contributed by atoms with Gasteiger partial charge in [-0.15, -0.1) is 0 Å². The fraction of sp³-hybridized carbons (Fsp3) is 0.205. The Morgan fingerprint density at radius 1 is 0.592 bits per heavy atom. The Balaban J connectivity index is 1.44. The van der Waals surface area contributed by atoms with Crippen LogP contribution < -0.4 is 0 Å². The van der Waals surface area contributed by atoms with Gasteiger partial charge in [0.2, 0.25) is 0 Å². The lowest BCUT2D eigenvalue weighted by molar-refractivity contribution is 0.446. The largest absolute Gasteiger partial charge is 0.507 e. The highest BCUT2D eigenvalue weighted by Crippen LogP contribution is 2.43. The number of aromatic nitrogens is 4. The molecule has 4 aromatic carbocycles. The van der Waals surface area contributed by atoms with Gasteiger partial charge in [-0.1, -0.05) is 108 Å². The van der Waals surface area contributed by atoms with Crippen molar-refractivity contribution in [1.82, 2.24) is 19.5 Å². The van der Waals surface area contributed by atoms with Crippen molar-refractivity contribution in [3.63, 3.8) is 0 Å². The van der Waals surface area contributed by atoms with Gasteiger partial charge in [0.05, 0.1) is 23.0 Å². The summed E-state index contributed by atoms with van der Waals surface area (Å²) in [4.78, 5) is 14.8. The SMILES string of the molecule is Cn1c(-c2cc(C(C)(C)C)cc(C(C)(C)C)c2O)nc2c(-c3cc(-c4ccccc4)cc(-c4cc(-c5ccccc5)ccn4)c3)cncc21. The first kappa shape index (κ1) is 32.0. The highest BCUT2D eigenvalue weighted by molar-refractivity contribution is 5.96. The van der Waals surface area contributed by atoms with Crippen LogP contribution in [0.25, 0.3) is 67.1 Å². The van der Waals surface area contributed by atoms with Crippen LogP contribution in [0.4, 0.5) is 0 Å². The summed E-state index contributed by atoms with van der Waals surface area (Å²) in [6.07, 6.45) is 5.63. The van der Waals surface area contributed by atoms with Crippen LogP contribution in [0.5, 0.6) is 5.75 Å². The third kappa shape index (κ3) is 6.13. The molecular weight excluding hydrogens is 601 g/mol. The summed E-state index contributed by atoms with van der Waals surface area (Å²) >= 11 is 0. The zero-order valence-electron chi connectivity index (χ0n) is 29.3. The van der Waals surface area contributed by atoms with Crippen LogP contribution in [0, 0.1) is 0 Å². The summed E-state index contributed by atoms with van der Waals surface area (Å²) in [5, 5.41) is 11.8. The summed E-state index contributed by atoms with van der Waals surface area (Å²) in [5.41, 5.74) is 12.4. The van der Waals surface area contributed by atoms with Crippen molar-refractivity contribution in [1.29, 1.82) is 0 Å². The molecule has 0 aliphatic carbocycles. The molecule has 0 spiro atoms. The van der Waals surface area contributed by atoms with Crippen LogP contribution in [-0.4, -0.2) is 24.6 Å². The number of hydrogen-bond donors (Lipinski definition) is 1. The number of aromatic hydroxyl groups is 1. The number of benzene rings is 4. The van der Waals surface area contributed by atoms with Crippen LogP contribution in [0.1, 0.15) is 52.7 Å². The smallest absolute Gasteiger partial charge is 0.144 e. The van der Waals surface area contributed by atoms with Crippen molar-refractivity contribution >= 4 is 11.0 Å². The molecule has 3 aromatic heterocycles.